The fourth-order valence-electron chi connectivity index (χ4n) is 8.99. The number of nitrogens with zero attached hydrogens (tertiary/aromatic N) is 6. The third-order valence-corrected chi connectivity index (χ3v) is 13.8. The lowest BCUT2D eigenvalue weighted by molar-refractivity contribution is 0.00578. The molecule has 5 heterocycles. The van der Waals surface area contributed by atoms with E-state index in [9.17, 15) is 0 Å². The Balaban J connectivity index is 0.000000128. The van der Waals surface area contributed by atoms with Crippen LogP contribution in [0.15, 0.2) is 203 Å². The fourth-order valence-corrected chi connectivity index (χ4v) is 9.52. The van der Waals surface area contributed by atoms with E-state index >= 15 is 0 Å². The molecular weight excluding hydrogens is 986 g/mol. The van der Waals surface area contributed by atoms with Gasteiger partial charge in [0, 0.05) is 49.4 Å². The minimum Gasteiger partial charge on any atom is -0.455 e. The lowest BCUT2D eigenvalue weighted by Gasteiger charge is -2.32. The zero-order valence-corrected chi connectivity index (χ0v) is 42.8. The van der Waals surface area contributed by atoms with Crippen LogP contribution < -0.4 is 5.46 Å². The Kier molecular flexibility index (Phi) is 13.3. The highest BCUT2D eigenvalue weighted by Gasteiger charge is 2.52. The van der Waals surface area contributed by atoms with E-state index in [2.05, 4.69) is 113 Å². The second kappa shape index (κ2) is 20.3. The van der Waals surface area contributed by atoms with Crippen molar-refractivity contribution in [1.82, 2.24) is 29.9 Å². The molecule has 1 aliphatic rings. The number of furan rings is 2. The van der Waals surface area contributed by atoms with E-state index in [0.717, 1.165) is 88.3 Å². The first-order valence-electron chi connectivity index (χ1n) is 23.9. The third-order valence-electron chi connectivity index (χ3n) is 13.2. The Morgan fingerprint density at radius 2 is 0.730 bits per heavy atom. The highest BCUT2D eigenvalue weighted by atomic mass is 35.5. The van der Waals surface area contributed by atoms with Gasteiger partial charge in [0.1, 0.15) is 22.3 Å². The molecule has 0 radical (unpaired) electrons. The average Bonchev–Trinajstić information content (AvgIpc) is 4.08. The Morgan fingerprint density at radius 1 is 0.351 bits per heavy atom. The van der Waals surface area contributed by atoms with Gasteiger partial charge in [-0.3, -0.25) is 0 Å². The normalized spacial score (nSPS) is 13.7. The molecule has 1 fully saturated rings. The monoisotopic (exact) mass is 1030 g/mol. The van der Waals surface area contributed by atoms with Crippen LogP contribution in [0.4, 0.5) is 0 Å². The summed E-state index contributed by atoms with van der Waals surface area (Å²) in [5.74, 6) is 1.54. The molecule has 0 spiro atoms. The summed E-state index contributed by atoms with van der Waals surface area (Å²) >= 11 is 17.6. The zero-order valence-electron chi connectivity index (χ0n) is 40.5. The van der Waals surface area contributed by atoms with E-state index < -0.39 is 7.12 Å². The Bertz CT molecular complexity index is 3940. The molecule has 13 rings (SSSR count). The molecular formula is C60H44BCl3N6O4. The largest absolute Gasteiger partial charge is 0.495 e. The summed E-state index contributed by atoms with van der Waals surface area (Å²) in [4.78, 5) is 25.1. The molecule has 0 aliphatic carbocycles. The van der Waals surface area contributed by atoms with Crippen molar-refractivity contribution < 1.29 is 18.1 Å². The van der Waals surface area contributed by atoms with Gasteiger partial charge in [-0.05, 0) is 91.2 Å². The molecule has 0 N–H and O–H groups in total. The Labute approximate surface area is 442 Å². The van der Waals surface area contributed by atoms with Crippen LogP contribution in [0.3, 0.4) is 0 Å². The molecule has 1 aliphatic heterocycles. The van der Waals surface area contributed by atoms with E-state index in [1.807, 2.05) is 133 Å². The van der Waals surface area contributed by atoms with Crippen molar-refractivity contribution in [2.24, 2.45) is 0 Å². The van der Waals surface area contributed by atoms with Crippen LogP contribution in [0.2, 0.25) is 15.9 Å². The summed E-state index contributed by atoms with van der Waals surface area (Å²) in [6.45, 7) is 8.31. The molecule has 10 nitrogen and oxygen atoms in total. The van der Waals surface area contributed by atoms with Gasteiger partial charge in [0.15, 0.2) is 17.5 Å². The summed E-state index contributed by atoms with van der Waals surface area (Å²) in [5.41, 5.74) is 10.6. The van der Waals surface area contributed by atoms with Gasteiger partial charge in [0.25, 0.3) is 0 Å². The lowest BCUT2D eigenvalue weighted by Crippen LogP contribution is -2.41. The maximum absolute atomic E-state index is 6.34. The number of rotatable bonds is 6. The van der Waals surface area contributed by atoms with Crippen LogP contribution in [-0.2, 0) is 9.31 Å². The fraction of sp³-hybridized carbons (Fsp3) is 0.100. The van der Waals surface area contributed by atoms with Crippen LogP contribution in [0, 0.1) is 0 Å². The maximum atomic E-state index is 6.34. The van der Waals surface area contributed by atoms with Crippen molar-refractivity contribution >= 4 is 91.3 Å². The van der Waals surface area contributed by atoms with Gasteiger partial charge in [-0.1, -0.05) is 182 Å². The van der Waals surface area contributed by atoms with Crippen molar-refractivity contribution in [2.75, 3.05) is 0 Å². The molecule has 0 saturated carbocycles. The molecule has 0 amide bonds. The first-order chi connectivity index (χ1) is 35.9. The van der Waals surface area contributed by atoms with Gasteiger partial charge in [-0.15, -0.1) is 0 Å². The van der Waals surface area contributed by atoms with Crippen LogP contribution in [0.5, 0.6) is 0 Å². The highest BCUT2D eigenvalue weighted by Crippen LogP contribution is 2.42. The van der Waals surface area contributed by atoms with Crippen molar-refractivity contribution in [3.05, 3.63) is 210 Å². The number of hydrogen-bond donors (Lipinski definition) is 0. The maximum Gasteiger partial charge on any atom is 0.495 e. The van der Waals surface area contributed by atoms with Gasteiger partial charge >= 0.3 is 7.12 Å². The van der Waals surface area contributed by atoms with Gasteiger partial charge in [0.2, 0.25) is 15.9 Å². The summed E-state index contributed by atoms with van der Waals surface area (Å²) in [5, 5.41) is 4.48. The topological polar surface area (TPSA) is 122 Å². The quantitative estimate of drug-likeness (QED) is 0.149. The summed E-state index contributed by atoms with van der Waals surface area (Å²) in [6, 6.07) is 64.3. The third kappa shape index (κ3) is 9.64. The van der Waals surface area contributed by atoms with Crippen molar-refractivity contribution in [2.45, 2.75) is 38.9 Å². The average molecular weight is 1030 g/mol. The molecule has 14 heteroatoms. The Morgan fingerprint density at radius 3 is 1.23 bits per heavy atom. The number of aromatic nitrogens is 6. The predicted molar refractivity (Wildman–Crippen MR) is 299 cm³/mol. The van der Waals surface area contributed by atoms with Crippen LogP contribution in [-0.4, -0.2) is 48.2 Å². The molecule has 0 bridgehead atoms. The minimum atomic E-state index is -0.421. The lowest BCUT2D eigenvalue weighted by atomic mass is 9.76. The second-order valence-electron chi connectivity index (χ2n) is 18.5. The molecule has 12 aromatic rings. The van der Waals surface area contributed by atoms with Gasteiger partial charge in [-0.25, -0.2) is 4.98 Å². The molecule has 0 atom stereocenters. The minimum absolute atomic E-state index is 0.101. The zero-order chi connectivity index (χ0) is 51.0. The molecule has 8 aromatic carbocycles. The van der Waals surface area contributed by atoms with E-state index in [4.69, 9.17) is 57.9 Å². The summed E-state index contributed by atoms with van der Waals surface area (Å²) in [6.07, 6.45) is 0. The molecule has 362 valence electrons. The number of hydrogen-bond acceptors (Lipinski definition) is 10. The standard InChI is InChI=1S/C27H16ClN3O.C24H23BO3.C9H5Cl2N3/c28-27-30-25(18-11-5-2-6-12-18)29-26(31-27)21-15-8-16-22-23(21)20-14-7-13-19(24(20)32-22)17-9-3-1-4-10-17;1-23(2)24(3,4)28-25(27-23)19-14-9-15-20-21(19)18-13-8-12-17(22(18)26-20)16-10-6-5-7-11-16;10-8-12-7(13-9(11)14-8)6-4-2-1-3-5-6/h1-16H;5-15H,1-4H3;1-5H. The summed E-state index contributed by atoms with van der Waals surface area (Å²) < 4.78 is 25.3. The molecule has 0 unspecified atom stereocenters. The second-order valence-corrected chi connectivity index (χ2v) is 19.5. The van der Waals surface area contributed by atoms with Crippen LogP contribution >= 0.6 is 34.8 Å². The number of para-hydroxylation sites is 2. The molecule has 74 heavy (non-hydrogen) atoms. The van der Waals surface area contributed by atoms with Crippen LogP contribution in [0.1, 0.15) is 27.7 Å². The van der Waals surface area contributed by atoms with E-state index in [0.29, 0.717) is 17.5 Å². The van der Waals surface area contributed by atoms with Crippen molar-refractivity contribution in [1.29, 1.82) is 0 Å². The van der Waals surface area contributed by atoms with Gasteiger partial charge in [-0.2, -0.15) is 24.9 Å². The molecule has 1 saturated heterocycles. The van der Waals surface area contributed by atoms with Gasteiger partial charge in [0.05, 0.1) is 11.2 Å². The first kappa shape index (κ1) is 48.5. The van der Waals surface area contributed by atoms with Gasteiger partial charge < -0.3 is 18.1 Å². The Hall–Kier alpha value is -7.77. The number of halogens is 3. The van der Waals surface area contributed by atoms with E-state index in [1.165, 1.54) is 0 Å². The van der Waals surface area contributed by atoms with E-state index in [1.54, 1.807) is 0 Å². The molecule has 4 aromatic heterocycles. The van der Waals surface area contributed by atoms with Crippen LogP contribution in [0.25, 0.3) is 100 Å². The highest BCUT2D eigenvalue weighted by molar-refractivity contribution is 6.66. The number of benzene rings is 8. The first-order valence-corrected chi connectivity index (χ1v) is 25.0. The van der Waals surface area contributed by atoms with Crippen molar-refractivity contribution in [3.8, 4) is 56.4 Å². The van der Waals surface area contributed by atoms with E-state index in [-0.39, 0.29) is 27.1 Å². The van der Waals surface area contributed by atoms with Crippen molar-refractivity contribution in [3.63, 3.8) is 0 Å². The predicted octanol–water partition coefficient (Wildman–Crippen LogP) is 15.8. The summed E-state index contributed by atoms with van der Waals surface area (Å²) in [7, 11) is -0.421. The SMILES string of the molecule is CC1(C)OB(c2cccc3oc4c(-c5ccccc5)cccc4c23)OC1(C)C.Clc1nc(-c2ccccc2)nc(-c2cccc3oc4c(-c5ccccc5)cccc4c23)n1.Clc1nc(Cl)nc(-c2ccccc2)n1. The smallest absolute Gasteiger partial charge is 0.455 e. The number of fused-ring (bicyclic) bond motifs is 6.